The molecular formula is C13H12F2O3. The van der Waals surface area contributed by atoms with Gasteiger partial charge in [0.1, 0.15) is 5.78 Å². The number of Topliss-reactive ketones (excluding diaryl/α,β-unsaturated/α-hetero) is 1. The third-order valence-corrected chi connectivity index (χ3v) is 3.36. The van der Waals surface area contributed by atoms with Gasteiger partial charge in [0, 0.05) is 18.8 Å². The summed E-state index contributed by atoms with van der Waals surface area (Å²) in [5.74, 6) is -4.33. The zero-order chi connectivity index (χ0) is 13.3. The molecule has 3 nitrogen and oxygen atoms in total. The predicted molar refractivity (Wildman–Crippen MR) is 59.1 cm³/mol. The molecular weight excluding hydrogens is 242 g/mol. The van der Waals surface area contributed by atoms with Gasteiger partial charge in [-0.1, -0.05) is 6.07 Å². The van der Waals surface area contributed by atoms with Crippen LogP contribution < -0.4 is 0 Å². The number of benzene rings is 1. The summed E-state index contributed by atoms with van der Waals surface area (Å²) < 4.78 is 26.0. The number of carboxylic acids is 1. The zero-order valence-corrected chi connectivity index (χ0v) is 9.53. The number of carbonyl (C=O) groups is 2. The highest BCUT2D eigenvalue weighted by atomic mass is 19.2. The van der Waals surface area contributed by atoms with Crippen LogP contribution in [0.5, 0.6) is 0 Å². The molecule has 5 heteroatoms. The summed E-state index contributed by atoms with van der Waals surface area (Å²) in [5, 5.41) is 9.10. The Morgan fingerprint density at radius 1 is 1.28 bits per heavy atom. The van der Waals surface area contributed by atoms with Crippen molar-refractivity contribution in [2.24, 2.45) is 5.92 Å². The van der Waals surface area contributed by atoms with Crippen LogP contribution in [0.25, 0.3) is 0 Å². The molecule has 18 heavy (non-hydrogen) atoms. The van der Waals surface area contributed by atoms with E-state index in [-0.39, 0.29) is 25.0 Å². The van der Waals surface area contributed by atoms with Crippen molar-refractivity contribution in [1.82, 2.24) is 0 Å². The van der Waals surface area contributed by atoms with Crippen LogP contribution in [0, 0.1) is 17.6 Å². The van der Waals surface area contributed by atoms with Crippen molar-refractivity contribution in [3.05, 3.63) is 35.4 Å². The minimum atomic E-state index is -1.02. The van der Waals surface area contributed by atoms with Crippen molar-refractivity contribution < 1.29 is 23.5 Å². The molecule has 0 bridgehead atoms. The van der Waals surface area contributed by atoms with Crippen LogP contribution in [0.1, 0.15) is 30.7 Å². The highest BCUT2D eigenvalue weighted by Crippen LogP contribution is 2.36. The molecule has 2 atom stereocenters. The minimum Gasteiger partial charge on any atom is -0.481 e. The van der Waals surface area contributed by atoms with E-state index in [0.29, 0.717) is 5.56 Å². The van der Waals surface area contributed by atoms with E-state index in [1.165, 1.54) is 6.07 Å². The van der Waals surface area contributed by atoms with Gasteiger partial charge in [0.25, 0.3) is 0 Å². The lowest BCUT2D eigenvalue weighted by atomic mass is 9.75. The quantitative estimate of drug-likeness (QED) is 0.882. The Morgan fingerprint density at radius 3 is 2.61 bits per heavy atom. The molecule has 1 saturated carbocycles. The second kappa shape index (κ2) is 4.84. The van der Waals surface area contributed by atoms with Crippen LogP contribution in [0.15, 0.2) is 18.2 Å². The van der Waals surface area contributed by atoms with E-state index in [9.17, 15) is 18.4 Å². The fourth-order valence-electron chi connectivity index (χ4n) is 2.40. The number of rotatable bonds is 2. The molecule has 0 amide bonds. The van der Waals surface area contributed by atoms with Crippen LogP contribution in [0.4, 0.5) is 8.78 Å². The lowest BCUT2D eigenvalue weighted by molar-refractivity contribution is -0.144. The number of carboxylic acid groups (broad SMARTS) is 1. The molecule has 0 aromatic heterocycles. The van der Waals surface area contributed by atoms with Crippen LogP contribution in [-0.4, -0.2) is 16.9 Å². The van der Waals surface area contributed by atoms with Crippen molar-refractivity contribution >= 4 is 11.8 Å². The molecule has 2 rings (SSSR count). The van der Waals surface area contributed by atoms with Gasteiger partial charge in [-0.3, -0.25) is 9.59 Å². The Bertz CT molecular complexity index is 499. The maximum Gasteiger partial charge on any atom is 0.307 e. The Morgan fingerprint density at radius 2 is 2.00 bits per heavy atom. The molecule has 0 radical (unpaired) electrons. The van der Waals surface area contributed by atoms with Crippen molar-refractivity contribution in [3.63, 3.8) is 0 Å². The van der Waals surface area contributed by atoms with Gasteiger partial charge in [-0.25, -0.2) is 8.78 Å². The summed E-state index contributed by atoms with van der Waals surface area (Å²) in [4.78, 5) is 22.5. The van der Waals surface area contributed by atoms with Crippen LogP contribution in [-0.2, 0) is 9.59 Å². The number of carbonyl (C=O) groups excluding carboxylic acids is 1. The lowest BCUT2D eigenvalue weighted by Gasteiger charge is -2.28. The first kappa shape index (κ1) is 12.7. The molecule has 0 spiro atoms. The normalized spacial score (nSPS) is 24.0. The molecule has 96 valence electrons. The van der Waals surface area contributed by atoms with Gasteiger partial charge < -0.3 is 5.11 Å². The van der Waals surface area contributed by atoms with Gasteiger partial charge in [0.15, 0.2) is 11.6 Å². The second-order valence-electron chi connectivity index (χ2n) is 4.51. The van der Waals surface area contributed by atoms with Crippen molar-refractivity contribution in [2.45, 2.75) is 25.2 Å². The maximum absolute atomic E-state index is 13.2. The van der Waals surface area contributed by atoms with Crippen LogP contribution >= 0.6 is 0 Å². The molecule has 2 unspecified atom stereocenters. The van der Waals surface area contributed by atoms with Gasteiger partial charge in [-0.15, -0.1) is 0 Å². The van der Waals surface area contributed by atoms with E-state index in [2.05, 4.69) is 0 Å². The first-order chi connectivity index (χ1) is 8.49. The van der Waals surface area contributed by atoms with E-state index >= 15 is 0 Å². The molecule has 0 heterocycles. The number of hydrogen-bond donors (Lipinski definition) is 1. The topological polar surface area (TPSA) is 54.4 Å². The smallest absolute Gasteiger partial charge is 0.307 e. The molecule has 1 aliphatic rings. The first-order valence-electron chi connectivity index (χ1n) is 5.68. The summed E-state index contributed by atoms with van der Waals surface area (Å²) >= 11 is 0. The third kappa shape index (κ3) is 2.39. The van der Waals surface area contributed by atoms with Gasteiger partial charge in [0.2, 0.25) is 0 Å². The Kier molecular flexibility index (Phi) is 3.41. The molecule has 1 aromatic rings. The molecule has 0 aliphatic heterocycles. The first-order valence-corrected chi connectivity index (χ1v) is 5.68. The SMILES string of the molecule is O=C1CCC(C(=O)O)C(c2ccc(F)c(F)c2)C1. The van der Waals surface area contributed by atoms with E-state index in [1.54, 1.807) is 0 Å². The number of hydrogen-bond acceptors (Lipinski definition) is 2. The molecule has 1 fully saturated rings. The van der Waals surface area contributed by atoms with Gasteiger partial charge in [-0.2, -0.15) is 0 Å². The van der Waals surface area contributed by atoms with E-state index in [4.69, 9.17) is 5.11 Å². The highest BCUT2D eigenvalue weighted by molar-refractivity contribution is 5.83. The van der Waals surface area contributed by atoms with Gasteiger partial charge >= 0.3 is 5.97 Å². The largest absolute Gasteiger partial charge is 0.481 e. The number of ketones is 1. The summed E-state index contributed by atoms with van der Waals surface area (Å²) in [6, 6.07) is 3.29. The Labute approximate surface area is 102 Å². The Balaban J connectivity index is 2.34. The van der Waals surface area contributed by atoms with Crippen molar-refractivity contribution in [1.29, 1.82) is 0 Å². The molecule has 1 N–H and O–H groups in total. The molecule has 0 saturated heterocycles. The van der Waals surface area contributed by atoms with Crippen LogP contribution in [0.2, 0.25) is 0 Å². The summed E-state index contributed by atoms with van der Waals surface area (Å²) in [6.45, 7) is 0. The summed E-state index contributed by atoms with van der Waals surface area (Å²) in [5.41, 5.74) is 0.370. The van der Waals surface area contributed by atoms with Gasteiger partial charge in [-0.05, 0) is 24.1 Å². The fourth-order valence-corrected chi connectivity index (χ4v) is 2.40. The van der Waals surface area contributed by atoms with E-state index in [0.717, 1.165) is 12.1 Å². The molecule has 1 aliphatic carbocycles. The van der Waals surface area contributed by atoms with Crippen molar-refractivity contribution in [2.75, 3.05) is 0 Å². The standard InChI is InChI=1S/C13H12F2O3/c14-11-4-1-7(5-12(11)15)10-6-8(16)2-3-9(10)13(17)18/h1,4-5,9-10H,2-3,6H2,(H,17,18). The third-order valence-electron chi connectivity index (χ3n) is 3.36. The molecule has 1 aromatic carbocycles. The highest BCUT2D eigenvalue weighted by Gasteiger charge is 2.35. The lowest BCUT2D eigenvalue weighted by Crippen LogP contribution is -2.29. The Hall–Kier alpha value is -1.78. The number of aliphatic carboxylic acids is 1. The monoisotopic (exact) mass is 254 g/mol. The predicted octanol–water partition coefficient (Wildman–Crippen LogP) is 2.50. The summed E-state index contributed by atoms with van der Waals surface area (Å²) in [6.07, 6.45) is 0.553. The van der Waals surface area contributed by atoms with Gasteiger partial charge in [0.05, 0.1) is 5.92 Å². The van der Waals surface area contributed by atoms with E-state index in [1.807, 2.05) is 0 Å². The second-order valence-corrected chi connectivity index (χ2v) is 4.51. The average molecular weight is 254 g/mol. The van der Waals surface area contributed by atoms with Crippen molar-refractivity contribution in [3.8, 4) is 0 Å². The van der Waals surface area contributed by atoms with Crippen LogP contribution in [0.3, 0.4) is 0 Å². The van der Waals surface area contributed by atoms with E-state index < -0.39 is 29.4 Å². The minimum absolute atomic E-state index is 0.0396. The number of halogens is 2. The fraction of sp³-hybridized carbons (Fsp3) is 0.385. The zero-order valence-electron chi connectivity index (χ0n) is 9.53. The summed E-state index contributed by atoms with van der Waals surface area (Å²) in [7, 11) is 0. The maximum atomic E-state index is 13.2. The average Bonchev–Trinajstić information content (AvgIpc) is 2.32.